The molecule has 2 aromatic rings. The number of amides is 1. The van der Waals surface area contributed by atoms with Crippen molar-refractivity contribution in [3.63, 3.8) is 0 Å². The number of anilines is 2. The predicted octanol–water partition coefficient (Wildman–Crippen LogP) is 3.02. The summed E-state index contributed by atoms with van der Waals surface area (Å²) in [6, 6.07) is 5.59. The Labute approximate surface area is 197 Å². The fourth-order valence-electron chi connectivity index (χ4n) is 4.02. The largest absolute Gasteiger partial charge is 0.462 e. The van der Waals surface area contributed by atoms with Crippen LogP contribution in [-0.4, -0.2) is 70.8 Å². The van der Waals surface area contributed by atoms with Crippen molar-refractivity contribution in [2.75, 3.05) is 55.8 Å². The highest BCUT2D eigenvalue weighted by Crippen LogP contribution is 2.28. The third kappa shape index (κ3) is 5.36. The number of nitrogens with zero attached hydrogens (tertiary/aromatic N) is 5. The van der Waals surface area contributed by atoms with Crippen LogP contribution in [0.5, 0.6) is 5.75 Å². The van der Waals surface area contributed by atoms with Crippen LogP contribution in [0.15, 0.2) is 36.4 Å². The van der Waals surface area contributed by atoms with E-state index >= 15 is 0 Å². The second kappa shape index (κ2) is 10.4. The Balaban J connectivity index is 1.26. The number of carbonyl (C=O) groups excluding carboxylic acids is 1. The summed E-state index contributed by atoms with van der Waals surface area (Å²) in [5, 5.41) is 0. The van der Waals surface area contributed by atoms with E-state index < -0.39 is 5.82 Å². The lowest BCUT2D eigenvalue weighted by molar-refractivity contribution is 0.0805. The van der Waals surface area contributed by atoms with Gasteiger partial charge >= 0.3 is 0 Å². The number of fused-ring (bicyclic) bond motifs is 1. The van der Waals surface area contributed by atoms with Crippen LogP contribution in [0.4, 0.5) is 16.2 Å². The number of allylic oxidation sites excluding steroid dienone is 1. The molecule has 0 radical (unpaired) electrons. The third-order valence-corrected chi connectivity index (χ3v) is 6.21. The molecule has 1 aromatic carbocycles. The number of nitrogen functional groups attached to an aromatic ring is 1. The maximum Gasteiger partial charge on any atom is 0.261 e. The molecule has 1 saturated heterocycles. The van der Waals surface area contributed by atoms with Crippen molar-refractivity contribution >= 4 is 29.3 Å². The van der Waals surface area contributed by atoms with Crippen LogP contribution in [0.3, 0.4) is 0 Å². The van der Waals surface area contributed by atoms with Gasteiger partial charge in [-0.1, -0.05) is 6.07 Å². The standard InChI is InChI=1S/C23H28ClFN6O2/c1-16-4-5-18-20(12-16)33-15-17(13-24)31(22(18)32)7-3-2-6-29-8-10-30(11-9-29)23-27-14-19(25)21(26)28-23/h4-5,12,14-15H,2-3,6-11,13H2,1H3,(H2,26,27,28). The van der Waals surface area contributed by atoms with E-state index in [1.807, 2.05) is 30.0 Å². The van der Waals surface area contributed by atoms with E-state index in [1.165, 1.54) is 0 Å². The van der Waals surface area contributed by atoms with Gasteiger partial charge in [0.2, 0.25) is 5.95 Å². The molecule has 4 rings (SSSR count). The van der Waals surface area contributed by atoms with E-state index in [0.717, 1.165) is 57.3 Å². The fraction of sp³-hybridized carbons (Fsp3) is 0.435. The average Bonchev–Trinajstić information content (AvgIpc) is 2.95. The van der Waals surface area contributed by atoms with E-state index in [1.54, 1.807) is 11.2 Å². The maximum absolute atomic E-state index is 13.3. The zero-order valence-electron chi connectivity index (χ0n) is 18.6. The van der Waals surface area contributed by atoms with Gasteiger partial charge in [0.1, 0.15) is 12.0 Å². The number of alkyl halides is 1. The molecule has 0 aliphatic carbocycles. The van der Waals surface area contributed by atoms with E-state index in [9.17, 15) is 9.18 Å². The van der Waals surface area contributed by atoms with Crippen LogP contribution >= 0.6 is 11.6 Å². The number of hydrogen-bond donors (Lipinski definition) is 1. The number of halogens is 2. The number of hydrogen-bond acceptors (Lipinski definition) is 7. The molecule has 8 nitrogen and oxygen atoms in total. The molecule has 2 aliphatic heterocycles. The molecule has 0 unspecified atom stereocenters. The predicted molar refractivity (Wildman–Crippen MR) is 126 cm³/mol. The molecule has 3 heterocycles. The highest BCUT2D eigenvalue weighted by molar-refractivity contribution is 6.19. The van der Waals surface area contributed by atoms with Crippen LogP contribution < -0.4 is 15.4 Å². The first kappa shape index (κ1) is 23.3. The van der Waals surface area contributed by atoms with Crippen LogP contribution in [-0.2, 0) is 0 Å². The van der Waals surface area contributed by atoms with Crippen LogP contribution in [0.25, 0.3) is 0 Å². The Bertz CT molecular complexity index is 1040. The summed E-state index contributed by atoms with van der Waals surface area (Å²) < 4.78 is 19.0. The minimum absolute atomic E-state index is 0.0819. The second-order valence-electron chi connectivity index (χ2n) is 8.26. The molecule has 176 valence electrons. The minimum Gasteiger partial charge on any atom is -0.462 e. The number of unbranched alkanes of at least 4 members (excludes halogenated alkanes) is 1. The van der Waals surface area contributed by atoms with Crippen molar-refractivity contribution in [1.82, 2.24) is 19.8 Å². The zero-order valence-corrected chi connectivity index (χ0v) is 19.4. The lowest BCUT2D eigenvalue weighted by atomic mass is 10.1. The van der Waals surface area contributed by atoms with Gasteiger partial charge in [-0.15, -0.1) is 11.6 Å². The van der Waals surface area contributed by atoms with Gasteiger partial charge < -0.3 is 20.3 Å². The average molecular weight is 475 g/mol. The topological polar surface area (TPSA) is 87.8 Å². The zero-order chi connectivity index (χ0) is 23.4. The smallest absolute Gasteiger partial charge is 0.261 e. The highest BCUT2D eigenvalue weighted by Gasteiger charge is 2.26. The number of benzene rings is 1. The van der Waals surface area contributed by atoms with E-state index in [2.05, 4.69) is 14.9 Å². The van der Waals surface area contributed by atoms with Gasteiger partial charge in [-0.3, -0.25) is 9.69 Å². The molecule has 10 heteroatoms. The van der Waals surface area contributed by atoms with Gasteiger partial charge in [-0.05, 0) is 44.0 Å². The summed E-state index contributed by atoms with van der Waals surface area (Å²) >= 11 is 6.11. The molecule has 1 aromatic heterocycles. The van der Waals surface area contributed by atoms with Crippen LogP contribution in [0.2, 0.25) is 0 Å². The van der Waals surface area contributed by atoms with Crippen molar-refractivity contribution in [3.8, 4) is 5.75 Å². The first-order valence-electron chi connectivity index (χ1n) is 11.1. The lowest BCUT2D eigenvalue weighted by Crippen LogP contribution is -2.47. The molecule has 0 spiro atoms. The van der Waals surface area contributed by atoms with Gasteiger partial charge in [0, 0.05) is 32.7 Å². The quantitative estimate of drug-likeness (QED) is 0.487. The SMILES string of the molecule is Cc1ccc2c(c1)OC=C(CCl)N(CCCCN1CCN(c3ncc(F)c(N)n3)CC1)C2=O. The van der Waals surface area contributed by atoms with Gasteiger partial charge in [-0.25, -0.2) is 9.37 Å². The fourth-order valence-corrected chi connectivity index (χ4v) is 4.23. The molecule has 1 amide bonds. The second-order valence-corrected chi connectivity index (χ2v) is 8.52. The molecule has 0 bridgehead atoms. The van der Waals surface area contributed by atoms with Crippen molar-refractivity contribution in [2.45, 2.75) is 19.8 Å². The number of rotatable bonds is 7. The molecular weight excluding hydrogens is 447 g/mol. The number of aromatic nitrogens is 2. The number of aryl methyl sites for hydroxylation is 1. The molecule has 1 fully saturated rings. The molecular formula is C23H28ClFN6O2. The summed E-state index contributed by atoms with van der Waals surface area (Å²) in [5.74, 6) is 0.427. The molecule has 0 atom stereocenters. The number of piperazine rings is 1. The Morgan fingerprint density at radius 2 is 1.94 bits per heavy atom. The van der Waals surface area contributed by atoms with Gasteiger partial charge in [0.05, 0.1) is 23.3 Å². The van der Waals surface area contributed by atoms with Crippen molar-refractivity contribution in [1.29, 1.82) is 0 Å². The maximum atomic E-state index is 13.3. The normalized spacial score (nSPS) is 16.8. The molecule has 0 saturated carbocycles. The van der Waals surface area contributed by atoms with Gasteiger partial charge in [0.25, 0.3) is 5.91 Å². The van der Waals surface area contributed by atoms with Crippen molar-refractivity contribution in [2.24, 2.45) is 0 Å². The van der Waals surface area contributed by atoms with Crippen molar-refractivity contribution < 1.29 is 13.9 Å². The molecule has 2 aliphatic rings. The first-order valence-corrected chi connectivity index (χ1v) is 11.6. The summed E-state index contributed by atoms with van der Waals surface area (Å²) in [4.78, 5) is 27.3. The summed E-state index contributed by atoms with van der Waals surface area (Å²) in [6.45, 7) is 6.69. The Kier molecular flexibility index (Phi) is 7.29. The summed E-state index contributed by atoms with van der Waals surface area (Å²) in [6.07, 6.45) is 4.49. The lowest BCUT2D eigenvalue weighted by Gasteiger charge is -2.34. The van der Waals surface area contributed by atoms with Crippen molar-refractivity contribution in [3.05, 3.63) is 53.3 Å². The Hall–Kier alpha value is -2.91. The number of carbonyl (C=O) groups is 1. The van der Waals surface area contributed by atoms with Gasteiger partial charge in [-0.2, -0.15) is 4.98 Å². The Morgan fingerprint density at radius 3 is 2.67 bits per heavy atom. The van der Waals surface area contributed by atoms with E-state index in [-0.39, 0.29) is 17.6 Å². The summed E-state index contributed by atoms with van der Waals surface area (Å²) in [5.41, 5.74) is 7.81. The van der Waals surface area contributed by atoms with Crippen LogP contribution in [0.1, 0.15) is 28.8 Å². The number of nitrogens with two attached hydrogens (primary N) is 1. The number of ether oxygens (including phenoxy) is 1. The summed E-state index contributed by atoms with van der Waals surface area (Å²) in [7, 11) is 0. The minimum atomic E-state index is -0.599. The molecule has 33 heavy (non-hydrogen) atoms. The van der Waals surface area contributed by atoms with Crippen LogP contribution in [0, 0.1) is 12.7 Å². The molecule has 2 N–H and O–H groups in total. The van der Waals surface area contributed by atoms with E-state index in [4.69, 9.17) is 22.1 Å². The third-order valence-electron chi connectivity index (χ3n) is 5.94. The van der Waals surface area contributed by atoms with E-state index in [0.29, 0.717) is 29.5 Å². The first-order chi connectivity index (χ1) is 16.0. The highest BCUT2D eigenvalue weighted by atomic mass is 35.5. The van der Waals surface area contributed by atoms with Gasteiger partial charge in [0.15, 0.2) is 11.6 Å². The Morgan fingerprint density at radius 1 is 1.18 bits per heavy atom. The monoisotopic (exact) mass is 474 g/mol.